The van der Waals surface area contributed by atoms with Crippen LogP contribution in [0.4, 0.5) is 4.39 Å². The fourth-order valence-electron chi connectivity index (χ4n) is 4.40. The Bertz CT molecular complexity index is 774. The highest BCUT2D eigenvalue weighted by molar-refractivity contribution is 7.13. The zero-order valence-electron chi connectivity index (χ0n) is 15.5. The van der Waals surface area contributed by atoms with E-state index >= 15 is 0 Å². The molecule has 3 heterocycles. The van der Waals surface area contributed by atoms with E-state index in [0.717, 1.165) is 22.8 Å². The standard InChI is InChI=1S/C21H26FN3OS/c22-17-8-6-15(7-9-17)21-24-18(14-27-21)12-20(26)23-13-16-4-3-11-25-10-2-1-5-19(16)25/h6-9,14,16,19H,1-5,10-13H2,(H,23,26). The van der Waals surface area contributed by atoms with E-state index in [0.29, 0.717) is 18.4 Å². The Morgan fingerprint density at radius 1 is 1.19 bits per heavy atom. The molecule has 0 radical (unpaired) electrons. The molecule has 27 heavy (non-hydrogen) atoms. The predicted molar refractivity (Wildman–Crippen MR) is 106 cm³/mol. The summed E-state index contributed by atoms with van der Waals surface area (Å²) in [6, 6.07) is 6.95. The quantitative estimate of drug-likeness (QED) is 0.847. The van der Waals surface area contributed by atoms with Gasteiger partial charge in [-0.2, -0.15) is 0 Å². The second kappa shape index (κ2) is 8.48. The normalized spacial score (nSPS) is 23.0. The number of thiazole rings is 1. The van der Waals surface area contributed by atoms with Crippen LogP contribution in [-0.2, 0) is 11.2 Å². The number of nitrogens with one attached hydrogen (secondary N) is 1. The van der Waals surface area contributed by atoms with Gasteiger partial charge >= 0.3 is 0 Å². The van der Waals surface area contributed by atoms with Crippen molar-refractivity contribution in [1.29, 1.82) is 0 Å². The number of benzene rings is 1. The van der Waals surface area contributed by atoms with Gasteiger partial charge in [0.25, 0.3) is 0 Å². The molecule has 2 unspecified atom stereocenters. The van der Waals surface area contributed by atoms with Gasteiger partial charge < -0.3 is 10.2 Å². The number of piperidine rings is 2. The van der Waals surface area contributed by atoms with Crippen LogP contribution < -0.4 is 5.32 Å². The minimum Gasteiger partial charge on any atom is -0.355 e. The molecule has 2 aromatic rings. The summed E-state index contributed by atoms with van der Waals surface area (Å²) in [5, 5.41) is 5.88. The SMILES string of the molecule is O=C(Cc1csc(-c2ccc(F)cc2)n1)NCC1CCCN2CCCCC12. The lowest BCUT2D eigenvalue weighted by Crippen LogP contribution is -2.51. The molecule has 0 aliphatic carbocycles. The van der Waals surface area contributed by atoms with Crippen LogP contribution in [0.15, 0.2) is 29.6 Å². The molecule has 2 aliphatic heterocycles. The van der Waals surface area contributed by atoms with Crippen molar-refractivity contribution in [3.8, 4) is 10.6 Å². The van der Waals surface area contributed by atoms with Crippen LogP contribution in [0.2, 0.25) is 0 Å². The summed E-state index contributed by atoms with van der Waals surface area (Å²) in [6.45, 7) is 3.22. The first-order valence-electron chi connectivity index (χ1n) is 9.90. The van der Waals surface area contributed by atoms with Crippen molar-refractivity contribution in [3.63, 3.8) is 0 Å². The zero-order valence-corrected chi connectivity index (χ0v) is 16.3. The van der Waals surface area contributed by atoms with E-state index in [2.05, 4.69) is 15.2 Å². The summed E-state index contributed by atoms with van der Waals surface area (Å²) in [5.74, 6) is 0.362. The number of halogens is 1. The molecule has 1 amide bonds. The molecule has 144 valence electrons. The largest absolute Gasteiger partial charge is 0.355 e. The first-order chi connectivity index (χ1) is 13.2. The van der Waals surface area contributed by atoms with Gasteiger partial charge in [-0.1, -0.05) is 6.42 Å². The minimum atomic E-state index is -0.255. The van der Waals surface area contributed by atoms with E-state index in [-0.39, 0.29) is 11.7 Å². The van der Waals surface area contributed by atoms with Crippen LogP contribution in [0.1, 0.15) is 37.8 Å². The van der Waals surface area contributed by atoms with Crippen LogP contribution in [0.3, 0.4) is 0 Å². The van der Waals surface area contributed by atoms with Gasteiger partial charge in [0.2, 0.25) is 5.91 Å². The average molecular weight is 388 g/mol. The predicted octanol–water partition coefficient (Wildman–Crippen LogP) is 3.87. The van der Waals surface area contributed by atoms with Crippen molar-refractivity contribution in [3.05, 3.63) is 41.2 Å². The number of nitrogens with zero attached hydrogens (tertiary/aromatic N) is 2. The molecular formula is C21H26FN3OS. The number of hydrogen-bond acceptors (Lipinski definition) is 4. The zero-order chi connectivity index (χ0) is 18.6. The third kappa shape index (κ3) is 4.55. The fourth-order valence-corrected chi connectivity index (χ4v) is 5.23. The Balaban J connectivity index is 1.30. The first kappa shape index (κ1) is 18.6. The van der Waals surface area contributed by atoms with E-state index < -0.39 is 0 Å². The molecule has 0 spiro atoms. The Morgan fingerprint density at radius 3 is 2.85 bits per heavy atom. The average Bonchev–Trinajstić information content (AvgIpc) is 3.15. The highest BCUT2D eigenvalue weighted by atomic mass is 32.1. The second-order valence-electron chi connectivity index (χ2n) is 7.63. The highest BCUT2D eigenvalue weighted by Gasteiger charge is 2.32. The molecule has 2 aliphatic rings. The van der Waals surface area contributed by atoms with Crippen molar-refractivity contribution < 1.29 is 9.18 Å². The van der Waals surface area contributed by atoms with E-state index in [9.17, 15) is 9.18 Å². The van der Waals surface area contributed by atoms with Gasteiger partial charge in [0.1, 0.15) is 10.8 Å². The smallest absolute Gasteiger partial charge is 0.226 e. The van der Waals surface area contributed by atoms with Crippen LogP contribution in [-0.4, -0.2) is 41.5 Å². The van der Waals surface area contributed by atoms with E-state index in [1.54, 1.807) is 12.1 Å². The lowest BCUT2D eigenvalue weighted by atomic mass is 9.83. The van der Waals surface area contributed by atoms with Crippen LogP contribution in [0.5, 0.6) is 0 Å². The fraction of sp³-hybridized carbons (Fsp3) is 0.524. The summed E-state index contributed by atoms with van der Waals surface area (Å²) in [5.41, 5.74) is 1.66. The maximum absolute atomic E-state index is 13.0. The molecular weight excluding hydrogens is 361 g/mol. The van der Waals surface area contributed by atoms with Gasteiger partial charge in [0.05, 0.1) is 12.1 Å². The van der Waals surface area contributed by atoms with Crippen molar-refractivity contribution in [2.45, 2.75) is 44.6 Å². The molecule has 4 nitrogen and oxygen atoms in total. The van der Waals surface area contributed by atoms with Crippen LogP contribution in [0.25, 0.3) is 10.6 Å². The molecule has 1 aromatic heterocycles. The van der Waals surface area contributed by atoms with Gasteiger partial charge in [-0.25, -0.2) is 9.37 Å². The highest BCUT2D eigenvalue weighted by Crippen LogP contribution is 2.30. The van der Waals surface area contributed by atoms with E-state index in [1.807, 2.05) is 5.38 Å². The topological polar surface area (TPSA) is 45.2 Å². The number of amides is 1. The number of fused-ring (bicyclic) bond motifs is 1. The van der Waals surface area contributed by atoms with Crippen molar-refractivity contribution in [1.82, 2.24) is 15.2 Å². The number of carbonyl (C=O) groups excluding carboxylic acids is 1. The summed E-state index contributed by atoms with van der Waals surface area (Å²) < 4.78 is 13.0. The maximum Gasteiger partial charge on any atom is 0.226 e. The van der Waals surface area contributed by atoms with E-state index in [4.69, 9.17) is 0 Å². The molecule has 2 fully saturated rings. The molecule has 1 aromatic carbocycles. The summed E-state index contributed by atoms with van der Waals surface area (Å²) in [6.07, 6.45) is 6.66. The van der Waals surface area contributed by atoms with Gasteiger partial charge in [-0.3, -0.25) is 4.79 Å². The van der Waals surface area contributed by atoms with Gasteiger partial charge in [0.15, 0.2) is 0 Å². The molecule has 0 bridgehead atoms. The van der Waals surface area contributed by atoms with Crippen molar-refractivity contribution in [2.24, 2.45) is 5.92 Å². The first-order valence-corrected chi connectivity index (χ1v) is 10.8. The van der Waals surface area contributed by atoms with Crippen LogP contribution in [0, 0.1) is 11.7 Å². The molecule has 0 saturated carbocycles. The molecule has 2 atom stereocenters. The number of aromatic nitrogens is 1. The third-order valence-corrected chi connectivity index (χ3v) is 6.71. The molecule has 1 N–H and O–H groups in total. The monoisotopic (exact) mass is 387 g/mol. The lowest BCUT2D eigenvalue weighted by Gasteiger charge is -2.44. The molecule has 6 heteroatoms. The van der Waals surface area contributed by atoms with Crippen molar-refractivity contribution in [2.75, 3.05) is 19.6 Å². The summed E-state index contributed by atoms with van der Waals surface area (Å²) in [4.78, 5) is 19.6. The van der Waals surface area contributed by atoms with Gasteiger partial charge in [-0.15, -0.1) is 11.3 Å². The van der Waals surface area contributed by atoms with Crippen LogP contribution >= 0.6 is 11.3 Å². The lowest BCUT2D eigenvalue weighted by molar-refractivity contribution is -0.120. The minimum absolute atomic E-state index is 0.0406. The molecule has 2 saturated heterocycles. The summed E-state index contributed by atoms with van der Waals surface area (Å²) in [7, 11) is 0. The number of rotatable bonds is 5. The number of carbonyl (C=O) groups is 1. The van der Waals surface area contributed by atoms with Gasteiger partial charge in [-0.05, 0) is 69.0 Å². The second-order valence-corrected chi connectivity index (χ2v) is 8.49. The third-order valence-electron chi connectivity index (χ3n) is 5.77. The van der Waals surface area contributed by atoms with E-state index in [1.165, 1.54) is 68.7 Å². The number of hydrogen-bond donors (Lipinski definition) is 1. The van der Waals surface area contributed by atoms with Gasteiger partial charge in [0, 0.05) is 23.5 Å². The Kier molecular flexibility index (Phi) is 5.83. The Hall–Kier alpha value is -1.79. The Labute approximate surface area is 163 Å². The Morgan fingerprint density at radius 2 is 2.00 bits per heavy atom. The van der Waals surface area contributed by atoms with Crippen molar-refractivity contribution >= 4 is 17.2 Å². The maximum atomic E-state index is 13.0. The summed E-state index contributed by atoms with van der Waals surface area (Å²) >= 11 is 1.49. The molecule has 4 rings (SSSR count).